The maximum Gasteiger partial charge on any atom is 0.323 e. The van der Waals surface area contributed by atoms with Gasteiger partial charge in [0, 0.05) is 22.7 Å². The van der Waals surface area contributed by atoms with Crippen LogP contribution in [0.2, 0.25) is 5.02 Å². The highest BCUT2D eigenvalue weighted by Gasteiger charge is 2.14. The van der Waals surface area contributed by atoms with E-state index in [0.717, 1.165) is 5.69 Å². The fraction of sp³-hybridized carbons (Fsp3) is 0.455. The number of aromatic nitrogens is 1. The molecule has 0 aliphatic heterocycles. The van der Waals surface area contributed by atoms with Gasteiger partial charge < -0.3 is 10.5 Å². The van der Waals surface area contributed by atoms with Crippen LogP contribution in [-0.2, 0) is 15.3 Å². The molecule has 17 heavy (non-hydrogen) atoms. The third-order valence-corrected chi connectivity index (χ3v) is 3.25. The monoisotopic (exact) mass is 274 g/mol. The van der Waals surface area contributed by atoms with Gasteiger partial charge in [-0.05, 0) is 19.1 Å². The van der Waals surface area contributed by atoms with Gasteiger partial charge in [0.1, 0.15) is 6.04 Å². The molecule has 1 aromatic rings. The minimum atomic E-state index is -0.584. The second-order valence-electron chi connectivity index (χ2n) is 3.34. The van der Waals surface area contributed by atoms with Crippen LogP contribution in [0.15, 0.2) is 18.3 Å². The van der Waals surface area contributed by atoms with Crippen molar-refractivity contribution < 1.29 is 9.53 Å². The van der Waals surface area contributed by atoms with Crippen molar-refractivity contribution in [3.8, 4) is 0 Å². The van der Waals surface area contributed by atoms with Crippen LogP contribution in [0.1, 0.15) is 12.6 Å². The van der Waals surface area contributed by atoms with Gasteiger partial charge in [0.25, 0.3) is 0 Å². The molecule has 2 N–H and O–H groups in total. The van der Waals surface area contributed by atoms with Gasteiger partial charge in [-0.25, -0.2) is 0 Å². The van der Waals surface area contributed by atoms with E-state index in [2.05, 4.69) is 4.98 Å². The summed E-state index contributed by atoms with van der Waals surface area (Å²) >= 11 is 7.36. The number of nitrogens with zero attached hydrogens (tertiary/aromatic N) is 1. The molecule has 0 saturated heterocycles. The zero-order valence-electron chi connectivity index (χ0n) is 9.56. The number of rotatable bonds is 6. The molecule has 0 fully saturated rings. The predicted octanol–water partition coefficient (Wildman–Crippen LogP) is 1.86. The normalized spacial score (nSPS) is 12.2. The van der Waals surface area contributed by atoms with E-state index >= 15 is 0 Å². The molecule has 0 radical (unpaired) electrons. The summed E-state index contributed by atoms with van der Waals surface area (Å²) in [6.07, 6.45) is 1.66. The highest BCUT2D eigenvalue weighted by Crippen LogP contribution is 2.14. The zero-order valence-corrected chi connectivity index (χ0v) is 11.1. The Hall–Kier alpha value is -0.780. The minimum absolute atomic E-state index is 0.354. The summed E-state index contributed by atoms with van der Waals surface area (Å²) in [5.74, 6) is 0.819. The van der Waals surface area contributed by atoms with E-state index in [1.807, 2.05) is 0 Å². The Morgan fingerprint density at radius 1 is 1.71 bits per heavy atom. The van der Waals surface area contributed by atoms with E-state index in [-0.39, 0.29) is 5.97 Å². The molecule has 1 aromatic heterocycles. The maximum atomic E-state index is 11.2. The second kappa shape index (κ2) is 7.53. The number of thioether (sulfide) groups is 1. The van der Waals surface area contributed by atoms with Gasteiger partial charge in [-0.3, -0.25) is 9.78 Å². The number of esters is 1. The van der Waals surface area contributed by atoms with Crippen LogP contribution in [0.25, 0.3) is 0 Å². The molecule has 0 saturated carbocycles. The quantitative estimate of drug-likeness (QED) is 0.802. The number of ether oxygens (including phenoxy) is 1. The molecule has 0 amide bonds. The first-order valence-electron chi connectivity index (χ1n) is 5.24. The van der Waals surface area contributed by atoms with E-state index in [1.165, 1.54) is 11.8 Å². The molecule has 0 aliphatic carbocycles. The molecule has 1 heterocycles. The van der Waals surface area contributed by atoms with Gasteiger partial charge in [0.05, 0.1) is 12.3 Å². The number of halogens is 1. The fourth-order valence-corrected chi connectivity index (χ4v) is 2.19. The van der Waals surface area contributed by atoms with Crippen LogP contribution in [-0.4, -0.2) is 29.4 Å². The smallest absolute Gasteiger partial charge is 0.323 e. The summed E-state index contributed by atoms with van der Waals surface area (Å²) in [6.45, 7) is 2.11. The summed E-state index contributed by atoms with van der Waals surface area (Å²) in [5.41, 5.74) is 6.53. The van der Waals surface area contributed by atoms with Gasteiger partial charge in [-0.2, -0.15) is 11.8 Å². The Morgan fingerprint density at radius 2 is 2.47 bits per heavy atom. The molecule has 0 spiro atoms. The first-order valence-corrected chi connectivity index (χ1v) is 6.77. The molecule has 0 bridgehead atoms. The lowest BCUT2D eigenvalue weighted by Crippen LogP contribution is -2.34. The van der Waals surface area contributed by atoms with E-state index in [9.17, 15) is 4.79 Å². The molecule has 4 nitrogen and oxygen atoms in total. The number of hydrogen-bond acceptors (Lipinski definition) is 5. The van der Waals surface area contributed by atoms with E-state index in [4.69, 9.17) is 22.1 Å². The third-order valence-electron chi connectivity index (χ3n) is 1.92. The van der Waals surface area contributed by atoms with E-state index < -0.39 is 6.04 Å². The van der Waals surface area contributed by atoms with E-state index in [0.29, 0.717) is 23.1 Å². The number of carbonyl (C=O) groups excluding carboxylic acids is 1. The van der Waals surface area contributed by atoms with Crippen molar-refractivity contribution in [2.45, 2.75) is 18.7 Å². The average molecular weight is 275 g/mol. The SMILES string of the molecule is CCOC(=O)C(N)CSCc1cc(Cl)ccn1. The van der Waals surface area contributed by atoms with E-state index in [1.54, 1.807) is 25.3 Å². The second-order valence-corrected chi connectivity index (χ2v) is 4.81. The Labute approximate surface area is 110 Å². The molecule has 6 heteroatoms. The number of pyridine rings is 1. The highest BCUT2D eigenvalue weighted by atomic mass is 35.5. The van der Waals surface area contributed by atoms with Crippen LogP contribution in [0.3, 0.4) is 0 Å². The third kappa shape index (κ3) is 5.39. The van der Waals surface area contributed by atoms with Crippen LogP contribution >= 0.6 is 23.4 Å². The van der Waals surface area contributed by atoms with Gasteiger partial charge in [-0.15, -0.1) is 0 Å². The number of nitrogens with two attached hydrogens (primary N) is 1. The lowest BCUT2D eigenvalue weighted by Gasteiger charge is -2.09. The van der Waals surface area contributed by atoms with Gasteiger partial charge in [-0.1, -0.05) is 11.6 Å². The summed E-state index contributed by atoms with van der Waals surface area (Å²) in [7, 11) is 0. The van der Waals surface area contributed by atoms with Crippen molar-refractivity contribution >= 4 is 29.3 Å². The minimum Gasteiger partial charge on any atom is -0.465 e. The largest absolute Gasteiger partial charge is 0.465 e. The molecule has 94 valence electrons. The Balaban J connectivity index is 2.30. The Kier molecular flexibility index (Phi) is 6.32. The lowest BCUT2D eigenvalue weighted by atomic mass is 10.4. The summed E-state index contributed by atoms with van der Waals surface area (Å²) in [6, 6.07) is 2.93. The highest BCUT2D eigenvalue weighted by molar-refractivity contribution is 7.98. The number of carbonyl (C=O) groups is 1. The van der Waals surface area contributed by atoms with Gasteiger partial charge in [0.2, 0.25) is 0 Å². The number of hydrogen-bond donors (Lipinski definition) is 1. The Morgan fingerprint density at radius 3 is 3.12 bits per heavy atom. The van der Waals surface area contributed by atoms with Crippen molar-refractivity contribution in [2.24, 2.45) is 5.73 Å². The first kappa shape index (κ1) is 14.3. The van der Waals surface area contributed by atoms with Crippen molar-refractivity contribution in [3.63, 3.8) is 0 Å². The summed E-state index contributed by atoms with van der Waals surface area (Å²) in [4.78, 5) is 15.4. The standard InChI is InChI=1S/C11H15ClN2O2S/c1-2-16-11(15)10(13)7-17-6-9-5-8(12)3-4-14-9/h3-5,10H,2,6-7,13H2,1H3. The summed E-state index contributed by atoms with van der Waals surface area (Å²) in [5, 5.41) is 0.658. The summed E-state index contributed by atoms with van der Waals surface area (Å²) < 4.78 is 4.81. The fourth-order valence-electron chi connectivity index (χ4n) is 1.14. The van der Waals surface area contributed by atoms with Crippen molar-refractivity contribution in [2.75, 3.05) is 12.4 Å². The maximum absolute atomic E-state index is 11.2. The van der Waals surface area contributed by atoms with Crippen molar-refractivity contribution in [1.29, 1.82) is 0 Å². The molecule has 0 aromatic carbocycles. The molecular weight excluding hydrogens is 260 g/mol. The average Bonchev–Trinajstić information content (AvgIpc) is 2.29. The zero-order chi connectivity index (χ0) is 12.7. The molecule has 0 aliphatic rings. The van der Waals surface area contributed by atoms with Crippen LogP contribution in [0.5, 0.6) is 0 Å². The van der Waals surface area contributed by atoms with Crippen molar-refractivity contribution in [3.05, 3.63) is 29.0 Å². The Bertz CT molecular complexity index is 376. The van der Waals surface area contributed by atoms with Crippen LogP contribution in [0.4, 0.5) is 0 Å². The molecule has 1 rings (SSSR count). The van der Waals surface area contributed by atoms with Gasteiger partial charge in [0.15, 0.2) is 0 Å². The van der Waals surface area contributed by atoms with Crippen LogP contribution in [0, 0.1) is 0 Å². The topological polar surface area (TPSA) is 65.2 Å². The molecule has 1 unspecified atom stereocenters. The lowest BCUT2D eigenvalue weighted by molar-refractivity contribution is -0.144. The van der Waals surface area contributed by atoms with Crippen LogP contribution < -0.4 is 5.73 Å². The molecular formula is C11H15ClN2O2S. The van der Waals surface area contributed by atoms with Crippen molar-refractivity contribution in [1.82, 2.24) is 4.98 Å². The van der Waals surface area contributed by atoms with Gasteiger partial charge >= 0.3 is 5.97 Å². The first-order chi connectivity index (χ1) is 8.13. The predicted molar refractivity (Wildman–Crippen MR) is 70.0 cm³/mol. The molecule has 1 atom stereocenters.